The van der Waals surface area contributed by atoms with Crippen molar-refractivity contribution in [1.82, 2.24) is 9.88 Å². The van der Waals surface area contributed by atoms with E-state index in [-0.39, 0.29) is 11.9 Å². The van der Waals surface area contributed by atoms with Gasteiger partial charge in [-0.05, 0) is 42.8 Å². The second-order valence-electron chi connectivity index (χ2n) is 7.91. The van der Waals surface area contributed by atoms with Crippen LogP contribution in [0.2, 0.25) is 0 Å². The third-order valence-electron chi connectivity index (χ3n) is 5.81. The van der Waals surface area contributed by atoms with Crippen LogP contribution in [0.4, 0.5) is 0 Å². The van der Waals surface area contributed by atoms with Gasteiger partial charge in [-0.15, -0.1) is 0 Å². The molecule has 0 radical (unpaired) electrons. The van der Waals surface area contributed by atoms with Crippen LogP contribution in [0.25, 0.3) is 16.5 Å². The van der Waals surface area contributed by atoms with E-state index in [4.69, 9.17) is 15.5 Å². The monoisotopic (exact) mass is 392 g/mol. The molecule has 1 amide bonds. The highest BCUT2D eigenvalue weighted by molar-refractivity contribution is 6.09. The molecule has 3 heterocycles. The number of pyridine rings is 1. The quantitative estimate of drug-likeness (QED) is 0.852. The summed E-state index contributed by atoms with van der Waals surface area (Å²) in [7, 11) is 0. The first kappa shape index (κ1) is 19.6. The molecule has 0 saturated carbocycles. The summed E-state index contributed by atoms with van der Waals surface area (Å²) in [6.45, 7) is 6.37. The molecule has 4 rings (SSSR count). The highest BCUT2D eigenvalue weighted by atomic mass is 16.5. The number of aryl methyl sites for hydroxylation is 1. The molecule has 0 unspecified atom stereocenters. The molecule has 152 valence electrons. The van der Waals surface area contributed by atoms with Gasteiger partial charge in [-0.1, -0.05) is 6.07 Å². The van der Waals surface area contributed by atoms with Gasteiger partial charge in [-0.3, -0.25) is 14.8 Å². The number of piperidine rings is 1. The molecule has 29 heavy (non-hydrogen) atoms. The maximum Gasteiger partial charge on any atom is 0.219 e. The standard InChI is InChI=1S/C23H28N4O2/c1-15-11-17-3-7-25-13-20(17)19(12-15)23(24)21-14-27(16(2)28)8-4-22(21)26-18-5-9-29-10-6-18/h3,7,11-13,18H,4-6,8-10,14,24H2,1-2H3. The number of rotatable bonds is 2. The first-order valence-corrected chi connectivity index (χ1v) is 10.3. The number of hydrogen-bond acceptors (Lipinski definition) is 5. The Labute approximate surface area is 171 Å². The molecule has 0 spiro atoms. The zero-order valence-corrected chi connectivity index (χ0v) is 17.1. The molecular formula is C23H28N4O2. The Morgan fingerprint density at radius 1 is 1.31 bits per heavy atom. The smallest absolute Gasteiger partial charge is 0.219 e. The van der Waals surface area contributed by atoms with Gasteiger partial charge < -0.3 is 15.4 Å². The van der Waals surface area contributed by atoms with E-state index in [2.05, 4.69) is 24.0 Å². The van der Waals surface area contributed by atoms with E-state index in [1.54, 1.807) is 13.1 Å². The van der Waals surface area contributed by atoms with Gasteiger partial charge in [0.15, 0.2) is 0 Å². The number of nitrogens with zero attached hydrogens (tertiary/aromatic N) is 3. The van der Waals surface area contributed by atoms with E-state index >= 15 is 0 Å². The minimum Gasteiger partial charge on any atom is -0.398 e. The lowest BCUT2D eigenvalue weighted by Crippen LogP contribution is -2.40. The fourth-order valence-corrected chi connectivity index (χ4v) is 4.17. The highest BCUT2D eigenvalue weighted by Crippen LogP contribution is 2.29. The third-order valence-corrected chi connectivity index (χ3v) is 5.81. The molecule has 2 saturated heterocycles. The summed E-state index contributed by atoms with van der Waals surface area (Å²) in [6.07, 6.45) is 6.26. The Kier molecular flexibility index (Phi) is 5.62. The highest BCUT2D eigenvalue weighted by Gasteiger charge is 2.26. The fraction of sp³-hybridized carbons (Fsp3) is 0.435. The summed E-state index contributed by atoms with van der Waals surface area (Å²) in [4.78, 5) is 23.3. The van der Waals surface area contributed by atoms with Crippen molar-refractivity contribution in [2.24, 2.45) is 10.7 Å². The lowest BCUT2D eigenvalue weighted by molar-refractivity contribution is -0.128. The van der Waals surface area contributed by atoms with Gasteiger partial charge in [0.1, 0.15) is 0 Å². The zero-order valence-electron chi connectivity index (χ0n) is 17.1. The van der Waals surface area contributed by atoms with Crippen LogP contribution in [-0.4, -0.2) is 53.8 Å². The van der Waals surface area contributed by atoms with E-state index < -0.39 is 0 Å². The number of carbonyl (C=O) groups is 1. The van der Waals surface area contributed by atoms with E-state index in [1.165, 1.54) is 0 Å². The number of amides is 1. The molecule has 1 aromatic carbocycles. The lowest BCUT2D eigenvalue weighted by atomic mass is 9.93. The number of ether oxygens (including phenoxy) is 1. The maximum absolute atomic E-state index is 12.1. The van der Waals surface area contributed by atoms with Gasteiger partial charge in [0.05, 0.1) is 6.04 Å². The molecule has 2 N–H and O–H groups in total. The third kappa shape index (κ3) is 4.17. The zero-order chi connectivity index (χ0) is 20.4. The Balaban J connectivity index is 1.82. The van der Waals surface area contributed by atoms with E-state index in [1.807, 2.05) is 17.2 Å². The van der Waals surface area contributed by atoms with Crippen LogP contribution in [0.3, 0.4) is 0 Å². The van der Waals surface area contributed by atoms with Crippen molar-refractivity contribution in [2.45, 2.75) is 39.2 Å². The number of nitrogens with two attached hydrogens (primary N) is 1. The van der Waals surface area contributed by atoms with E-state index in [0.29, 0.717) is 18.8 Å². The predicted octanol–water partition coefficient (Wildman–Crippen LogP) is 3.09. The summed E-state index contributed by atoms with van der Waals surface area (Å²) in [5.41, 5.74) is 11.6. The van der Waals surface area contributed by atoms with Crippen molar-refractivity contribution in [3.05, 3.63) is 47.3 Å². The van der Waals surface area contributed by atoms with Gasteiger partial charge >= 0.3 is 0 Å². The summed E-state index contributed by atoms with van der Waals surface area (Å²) in [5, 5.41) is 2.13. The Bertz CT molecular complexity index is 990. The van der Waals surface area contributed by atoms with Crippen LogP contribution in [-0.2, 0) is 9.53 Å². The van der Waals surface area contributed by atoms with E-state index in [0.717, 1.165) is 65.7 Å². The van der Waals surface area contributed by atoms with Gasteiger partial charge in [0.25, 0.3) is 0 Å². The molecular weight excluding hydrogens is 364 g/mol. The number of aliphatic imine (C=N–C) groups is 1. The number of benzene rings is 1. The van der Waals surface area contributed by atoms with Crippen molar-refractivity contribution in [3.63, 3.8) is 0 Å². The van der Waals surface area contributed by atoms with Crippen LogP contribution in [0.1, 0.15) is 37.3 Å². The number of hydrogen-bond donors (Lipinski definition) is 1. The van der Waals surface area contributed by atoms with Gasteiger partial charge in [-0.2, -0.15) is 0 Å². The second-order valence-corrected chi connectivity index (χ2v) is 7.91. The van der Waals surface area contributed by atoms with Gasteiger partial charge in [0, 0.05) is 80.0 Å². The van der Waals surface area contributed by atoms with Crippen LogP contribution < -0.4 is 5.73 Å². The van der Waals surface area contributed by atoms with Crippen molar-refractivity contribution in [1.29, 1.82) is 0 Å². The molecule has 2 fully saturated rings. The fourth-order valence-electron chi connectivity index (χ4n) is 4.17. The Morgan fingerprint density at radius 2 is 2.10 bits per heavy atom. The van der Waals surface area contributed by atoms with Gasteiger partial charge in [0.2, 0.25) is 5.91 Å². The minimum absolute atomic E-state index is 0.0659. The molecule has 6 heteroatoms. The van der Waals surface area contributed by atoms with Gasteiger partial charge in [-0.25, -0.2) is 0 Å². The van der Waals surface area contributed by atoms with Crippen LogP contribution in [0.5, 0.6) is 0 Å². The summed E-state index contributed by atoms with van der Waals surface area (Å²) in [6, 6.07) is 6.51. The molecule has 2 aromatic rings. The summed E-state index contributed by atoms with van der Waals surface area (Å²) < 4.78 is 5.48. The molecule has 1 aromatic heterocycles. The topological polar surface area (TPSA) is 80.8 Å². The summed E-state index contributed by atoms with van der Waals surface area (Å²) >= 11 is 0. The maximum atomic E-state index is 12.1. The second kappa shape index (κ2) is 8.33. The molecule has 2 aliphatic heterocycles. The molecule has 0 bridgehead atoms. The SMILES string of the molecule is CC(=O)N1CCC(=NC2CCOCC2)C(=C(N)c2cc(C)cc3ccncc23)C1. The Hall–Kier alpha value is -2.73. The van der Waals surface area contributed by atoms with Crippen molar-refractivity contribution < 1.29 is 9.53 Å². The average Bonchev–Trinajstić information content (AvgIpc) is 2.73. The number of fused-ring (bicyclic) bond motifs is 1. The molecule has 0 aliphatic carbocycles. The normalized spacial score (nSPS) is 21.6. The number of aromatic nitrogens is 1. The largest absolute Gasteiger partial charge is 0.398 e. The molecule has 2 aliphatic rings. The van der Waals surface area contributed by atoms with Crippen molar-refractivity contribution in [2.75, 3.05) is 26.3 Å². The molecule has 0 atom stereocenters. The molecule has 6 nitrogen and oxygen atoms in total. The number of carbonyl (C=O) groups excluding carboxylic acids is 1. The van der Waals surface area contributed by atoms with Crippen LogP contribution in [0.15, 0.2) is 41.2 Å². The average molecular weight is 393 g/mol. The first-order chi connectivity index (χ1) is 14.0. The van der Waals surface area contributed by atoms with E-state index in [9.17, 15) is 4.79 Å². The van der Waals surface area contributed by atoms with Crippen molar-refractivity contribution in [3.8, 4) is 0 Å². The van der Waals surface area contributed by atoms with Crippen LogP contribution in [0, 0.1) is 6.92 Å². The lowest BCUT2D eigenvalue weighted by Gasteiger charge is -2.31. The predicted molar refractivity (Wildman–Crippen MR) is 116 cm³/mol. The van der Waals surface area contributed by atoms with Crippen molar-refractivity contribution >= 4 is 28.1 Å². The van der Waals surface area contributed by atoms with Crippen LogP contribution >= 0.6 is 0 Å². The Morgan fingerprint density at radius 3 is 2.86 bits per heavy atom. The minimum atomic E-state index is 0.0659. The number of likely N-dealkylation sites (tertiary alicyclic amines) is 1. The summed E-state index contributed by atoms with van der Waals surface area (Å²) in [5.74, 6) is 0.0659. The first-order valence-electron chi connectivity index (χ1n) is 10.3.